The number of allylic oxidation sites excluding steroid dienone is 1. The lowest BCUT2D eigenvalue weighted by atomic mass is 9.29. The van der Waals surface area contributed by atoms with E-state index >= 15 is 0 Å². The van der Waals surface area contributed by atoms with Gasteiger partial charge in [0.05, 0.1) is 16.6 Å². The van der Waals surface area contributed by atoms with Crippen molar-refractivity contribution in [2.75, 3.05) is 0 Å². The van der Waals surface area contributed by atoms with Crippen molar-refractivity contribution < 1.29 is 0 Å². The summed E-state index contributed by atoms with van der Waals surface area (Å²) < 4.78 is 2.70. The zero-order chi connectivity index (χ0) is 29.5. The Bertz CT molecular complexity index is 2500. The maximum atomic E-state index is 2.70. The molecule has 0 saturated carbocycles. The van der Waals surface area contributed by atoms with Crippen LogP contribution in [-0.4, -0.2) is 11.1 Å². The van der Waals surface area contributed by atoms with Crippen LogP contribution in [0.2, 0.25) is 0 Å². The average Bonchev–Trinajstić information content (AvgIpc) is 3.46. The van der Waals surface area contributed by atoms with Crippen LogP contribution in [0.15, 0.2) is 60.7 Å². The molecular weight excluding hydrogens is 517 g/mol. The molecule has 5 aromatic carbocycles. The molecular formula is C41H36BN. The predicted octanol–water partition coefficient (Wildman–Crippen LogP) is 8.86. The highest BCUT2D eigenvalue weighted by atomic mass is 14.9. The zero-order valence-corrected chi connectivity index (χ0v) is 26.5. The summed E-state index contributed by atoms with van der Waals surface area (Å²) in [6.45, 7) is 19.1. The summed E-state index contributed by atoms with van der Waals surface area (Å²) in [4.78, 5) is 0. The molecule has 0 radical (unpaired) electrons. The molecule has 3 aliphatic rings. The fourth-order valence-electron chi connectivity index (χ4n) is 9.23. The largest absolute Gasteiger partial charge is 0.309 e. The number of nitrogens with zero attached hydrogens (tertiary/aromatic N) is 1. The Morgan fingerprint density at radius 3 is 2.00 bits per heavy atom. The summed E-state index contributed by atoms with van der Waals surface area (Å²) in [6, 6.07) is 22.2. The standard InChI is InChI=1S/C41H36BN/c1-9-11-24-26-16-22(40(3,4)5)17-27-25-13-10-12-21-15-29-31-19-23(41(6,7)8)18-30-28-14-20(2)32(24)35-38(28)43(37(30)31)39(29)36(33(21)25)42(35)34(26)27/h10-19H,9H2,1-8H3/b24-11-. The third kappa shape index (κ3) is 2.62. The Labute approximate surface area is 253 Å². The van der Waals surface area contributed by atoms with E-state index in [0.29, 0.717) is 0 Å². The molecule has 0 amide bonds. The van der Waals surface area contributed by atoms with E-state index in [4.69, 9.17) is 0 Å². The zero-order valence-electron chi connectivity index (χ0n) is 26.5. The van der Waals surface area contributed by atoms with E-state index in [1.165, 1.54) is 98.8 Å². The van der Waals surface area contributed by atoms with Gasteiger partial charge in [0, 0.05) is 21.5 Å². The summed E-state index contributed by atoms with van der Waals surface area (Å²) in [5, 5.41) is 8.54. The molecule has 0 atom stereocenters. The Morgan fingerprint density at radius 2 is 1.30 bits per heavy atom. The predicted molar refractivity (Wildman–Crippen MR) is 188 cm³/mol. The molecule has 0 aliphatic carbocycles. The molecule has 0 bridgehead atoms. The highest BCUT2D eigenvalue weighted by Crippen LogP contribution is 2.49. The van der Waals surface area contributed by atoms with Crippen LogP contribution in [0.25, 0.3) is 65.6 Å². The molecule has 0 unspecified atom stereocenters. The lowest BCUT2D eigenvalue weighted by Gasteiger charge is -2.39. The molecule has 0 N–H and O–H groups in total. The SMILES string of the molecule is CC/C=C1/c2cc(C(C)(C)C)cc3c2B2c4c1c(C)cc1c5cc(C(C)(C)C)cc6c7cc8cccc-3c8c2c7n(c41)c56. The number of hydrogen-bond donors (Lipinski definition) is 0. The molecule has 208 valence electrons. The van der Waals surface area contributed by atoms with Crippen LogP contribution < -0.4 is 16.4 Å². The summed E-state index contributed by atoms with van der Waals surface area (Å²) in [6.07, 6.45) is 3.54. The van der Waals surface area contributed by atoms with Gasteiger partial charge in [0.15, 0.2) is 0 Å². The van der Waals surface area contributed by atoms with E-state index in [0.717, 1.165) is 6.42 Å². The van der Waals surface area contributed by atoms with Crippen LogP contribution in [0, 0.1) is 6.92 Å². The fraction of sp³-hybridized carbons (Fsp3) is 0.268. The third-order valence-electron chi connectivity index (χ3n) is 11.1. The van der Waals surface area contributed by atoms with E-state index in [2.05, 4.69) is 120 Å². The third-order valence-corrected chi connectivity index (χ3v) is 11.1. The fourth-order valence-corrected chi connectivity index (χ4v) is 9.23. The van der Waals surface area contributed by atoms with Crippen molar-refractivity contribution in [3.05, 3.63) is 88.5 Å². The number of fused-ring (bicyclic) bond motifs is 3. The summed E-state index contributed by atoms with van der Waals surface area (Å²) in [5.41, 5.74) is 20.6. The van der Waals surface area contributed by atoms with Crippen molar-refractivity contribution in [3.8, 4) is 11.1 Å². The van der Waals surface area contributed by atoms with Gasteiger partial charge in [-0.05, 0) is 115 Å². The molecule has 10 rings (SSSR count). The first-order valence-electron chi connectivity index (χ1n) is 16.1. The van der Waals surface area contributed by atoms with Crippen LogP contribution in [0.5, 0.6) is 0 Å². The van der Waals surface area contributed by atoms with Crippen LogP contribution in [0.4, 0.5) is 0 Å². The molecule has 2 heteroatoms. The van der Waals surface area contributed by atoms with Gasteiger partial charge in [-0.1, -0.05) is 90.3 Å². The van der Waals surface area contributed by atoms with Gasteiger partial charge in [-0.3, -0.25) is 0 Å². The highest BCUT2D eigenvalue weighted by Gasteiger charge is 2.46. The number of rotatable bonds is 1. The first kappa shape index (κ1) is 24.4. The normalized spacial score (nSPS) is 16.0. The van der Waals surface area contributed by atoms with Gasteiger partial charge in [-0.15, -0.1) is 0 Å². The van der Waals surface area contributed by atoms with Crippen molar-refractivity contribution in [3.63, 3.8) is 0 Å². The minimum absolute atomic E-state index is 0.0626. The van der Waals surface area contributed by atoms with Gasteiger partial charge in [-0.25, -0.2) is 0 Å². The summed E-state index contributed by atoms with van der Waals surface area (Å²) in [7, 11) is 0. The molecule has 5 heterocycles. The molecule has 43 heavy (non-hydrogen) atoms. The molecule has 2 aromatic heterocycles. The van der Waals surface area contributed by atoms with Crippen molar-refractivity contribution in [1.29, 1.82) is 0 Å². The lowest BCUT2D eigenvalue weighted by molar-refractivity contribution is 0.590. The highest BCUT2D eigenvalue weighted by molar-refractivity contribution is 7.03. The van der Waals surface area contributed by atoms with E-state index in [1.54, 1.807) is 10.9 Å². The Balaban J connectivity index is 1.56. The number of aromatic nitrogens is 1. The first-order valence-corrected chi connectivity index (χ1v) is 16.1. The minimum Gasteiger partial charge on any atom is -0.309 e. The number of hydrogen-bond acceptors (Lipinski definition) is 0. The second-order valence-electron chi connectivity index (χ2n) is 15.7. The summed E-state index contributed by atoms with van der Waals surface area (Å²) in [5.74, 6) is 0. The molecule has 0 fully saturated rings. The average molecular weight is 554 g/mol. The summed E-state index contributed by atoms with van der Waals surface area (Å²) >= 11 is 0. The Morgan fingerprint density at radius 1 is 0.674 bits per heavy atom. The van der Waals surface area contributed by atoms with Crippen LogP contribution in [0.3, 0.4) is 0 Å². The lowest BCUT2D eigenvalue weighted by Crippen LogP contribution is -2.61. The number of benzene rings is 5. The quantitative estimate of drug-likeness (QED) is 0.179. The molecule has 0 spiro atoms. The van der Waals surface area contributed by atoms with Crippen molar-refractivity contribution in [1.82, 2.24) is 4.40 Å². The molecule has 3 aliphatic heterocycles. The van der Waals surface area contributed by atoms with Gasteiger partial charge in [0.1, 0.15) is 0 Å². The molecule has 0 saturated heterocycles. The van der Waals surface area contributed by atoms with E-state index < -0.39 is 0 Å². The smallest absolute Gasteiger partial charge is 0.250 e. The maximum absolute atomic E-state index is 2.70. The monoisotopic (exact) mass is 553 g/mol. The van der Waals surface area contributed by atoms with Crippen LogP contribution in [0.1, 0.15) is 82.7 Å². The molecule has 1 nitrogen and oxygen atoms in total. The van der Waals surface area contributed by atoms with E-state index in [9.17, 15) is 0 Å². The van der Waals surface area contributed by atoms with E-state index in [1.807, 2.05) is 0 Å². The van der Waals surface area contributed by atoms with Gasteiger partial charge in [0.25, 0.3) is 0 Å². The van der Waals surface area contributed by atoms with Crippen LogP contribution in [-0.2, 0) is 10.8 Å². The second kappa shape index (κ2) is 7.19. The molecule has 7 aromatic rings. The maximum Gasteiger partial charge on any atom is 0.250 e. The second-order valence-corrected chi connectivity index (χ2v) is 15.7. The first-order chi connectivity index (χ1) is 20.5. The van der Waals surface area contributed by atoms with Gasteiger partial charge in [0.2, 0.25) is 6.71 Å². The van der Waals surface area contributed by atoms with Crippen molar-refractivity contribution in [2.24, 2.45) is 0 Å². The Hall–Kier alpha value is -4.04. The van der Waals surface area contributed by atoms with Gasteiger partial charge in [-0.2, -0.15) is 0 Å². The van der Waals surface area contributed by atoms with E-state index in [-0.39, 0.29) is 17.5 Å². The topological polar surface area (TPSA) is 4.41 Å². The van der Waals surface area contributed by atoms with Crippen molar-refractivity contribution >= 4 is 77.5 Å². The number of aryl methyl sites for hydroxylation is 1. The van der Waals surface area contributed by atoms with Crippen molar-refractivity contribution in [2.45, 2.75) is 72.6 Å². The van der Waals surface area contributed by atoms with Crippen LogP contribution >= 0.6 is 0 Å². The Kier molecular flexibility index (Phi) is 4.08. The minimum atomic E-state index is 0.0626. The van der Waals surface area contributed by atoms with Gasteiger partial charge >= 0.3 is 0 Å². The van der Waals surface area contributed by atoms with Gasteiger partial charge < -0.3 is 4.40 Å².